The predicted octanol–water partition coefficient (Wildman–Crippen LogP) is 3.57. The number of rotatable bonds is 6. The van der Waals surface area contributed by atoms with E-state index in [1.165, 1.54) is 6.42 Å². The number of hydrogen-bond acceptors (Lipinski definition) is 5. The van der Waals surface area contributed by atoms with E-state index < -0.39 is 12.1 Å². The van der Waals surface area contributed by atoms with Crippen LogP contribution in [0, 0.1) is 0 Å². The molecule has 0 aliphatic heterocycles. The van der Waals surface area contributed by atoms with Crippen molar-refractivity contribution in [2.24, 2.45) is 0 Å². The molecule has 2 aromatic rings. The Bertz CT molecular complexity index is 776. The Kier molecular flexibility index (Phi) is 5.93. The van der Waals surface area contributed by atoms with Crippen LogP contribution in [0.4, 0.5) is 0 Å². The molecular formula is C20H25NO5. The number of amides is 1. The van der Waals surface area contributed by atoms with Crippen LogP contribution in [-0.4, -0.2) is 31.1 Å². The molecule has 26 heavy (non-hydrogen) atoms. The lowest BCUT2D eigenvalue weighted by atomic mass is 9.95. The maximum atomic E-state index is 12.6. The largest absolute Gasteiger partial charge is 0.449 e. The number of ether oxygens (including phenoxy) is 2. The third-order valence-corrected chi connectivity index (χ3v) is 4.78. The summed E-state index contributed by atoms with van der Waals surface area (Å²) in [6.45, 7) is 1.80. The Morgan fingerprint density at radius 2 is 1.96 bits per heavy atom. The third-order valence-electron chi connectivity index (χ3n) is 4.78. The van der Waals surface area contributed by atoms with Gasteiger partial charge in [0.05, 0.1) is 6.61 Å². The molecule has 3 rings (SSSR count). The van der Waals surface area contributed by atoms with Gasteiger partial charge in [-0.1, -0.05) is 37.5 Å². The summed E-state index contributed by atoms with van der Waals surface area (Å²) in [5.74, 6) is -0.834. The van der Waals surface area contributed by atoms with Crippen molar-refractivity contribution < 1.29 is 23.5 Å². The summed E-state index contributed by atoms with van der Waals surface area (Å²) >= 11 is 0. The highest BCUT2D eigenvalue weighted by Crippen LogP contribution is 2.27. The van der Waals surface area contributed by atoms with Crippen molar-refractivity contribution in [3.63, 3.8) is 0 Å². The van der Waals surface area contributed by atoms with Gasteiger partial charge < -0.3 is 19.2 Å². The van der Waals surface area contributed by atoms with Gasteiger partial charge in [0.1, 0.15) is 5.58 Å². The number of fused-ring (bicyclic) bond motifs is 1. The van der Waals surface area contributed by atoms with Gasteiger partial charge in [-0.05, 0) is 25.8 Å². The molecule has 1 amide bonds. The van der Waals surface area contributed by atoms with Gasteiger partial charge in [-0.3, -0.25) is 4.79 Å². The lowest BCUT2D eigenvalue weighted by Gasteiger charge is -2.24. The predicted molar refractivity (Wildman–Crippen MR) is 96.8 cm³/mol. The zero-order valence-corrected chi connectivity index (χ0v) is 15.2. The normalized spacial score (nSPS) is 16.4. The molecule has 140 valence electrons. The SMILES string of the molecule is COCc1c(C(=O)OC(C)C(=O)NC2CCCCC2)oc2ccccc12. The topological polar surface area (TPSA) is 77.8 Å². The first-order valence-corrected chi connectivity index (χ1v) is 9.11. The third kappa shape index (κ3) is 4.07. The first-order valence-electron chi connectivity index (χ1n) is 9.11. The molecule has 1 unspecified atom stereocenters. The second-order valence-electron chi connectivity index (χ2n) is 6.73. The Morgan fingerprint density at radius 3 is 2.69 bits per heavy atom. The van der Waals surface area contributed by atoms with E-state index >= 15 is 0 Å². The number of hydrogen-bond donors (Lipinski definition) is 1. The number of benzene rings is 1. The second kappa shape index (κ2) is 8.36. The molecule has 1 saturated carbocycles. The number of nitrogens with one attached hydrogen (secondary N) is 1. The standard InChI is InChI=1S/C20H25NO5/c1-13(19(22)21-14-8-4-3-5-9-14)25-20(23)18-16(12-24-2)15-10-6-7-11-17(15)26-18/h6-7,10-11,13-14H,3-5,8-9,12H2,1-2H3,(H,21,22). The highest BCUT2D eigenvalue weighted by Gasteiger charge is 2.27. The van der Waals surface area contributed by atoms with E-state index in [1.807, 2.05) is 18.2 Å². The second-order valence-corrected chi connectivity index (χ2v) is 6.73. The molecule has 6 nitrogen and oxygen atoms in total. The van der Waals surface area contributed by atoms with Crippen molar-refractivity contribution in [1.82, 2.24) is 5.32 Å². The van der Waals surface area contributed by atoms with Crippen molar-refractivity contribution in [2.45, 2.75) is 57.8 Å². The molecule has 1 heterocycles. The molecule has 1 aromatic heterocycles. The van der Waals surface area contributed by atoms with Crippen molar-refractivity contribution in [1.29, 1.82) is 0 Å². The van der Waals surface area contributed by atoms with Crippen LogP contribution in [0.15, 0.2) is 28.7 Å². The molecule has 0 radical (unpaired) electrons. The minimum absolute atomic E-state index is 0.0883. The summed E-state index contributed by atoms with van der Waals surface area (Å²) in [5, 5.41) is 3.78. The Morgan fingerprint density at radius 1 is 1.23 bits per heavy atom. The first-order chi connectivity index (χ1) is 12.6. The fourth-order valence-corrected chi connectivity index (χ4v) is 3.38. The number of para-hydroxylation sites is 1. The molecule has 0 spiro atoms. The zero-order valence-electron chi connectivity index (χ0n) is 15.2. The molecule has 0 bridgehead atoms. The quantitative estimate of drug-likeness (QED) is 0.798. The lowest BCUT2D eigenvalue weighted by Crippen LogP contribution is -2.42. The zero-order chi connectivity index (χ0) is 18.5. The number of esters is 1. The van der Waals surface area contributed by atoms with E-state index in [0.717, 1.165) is 31.1 Å². The van der Waals surface area contributed by atoms with Crippen LogP contribution in [0.3, 0.4) is 0 Å². The van der Waals surface area contributed by atoms with E-state index in [1.54, 1.807) is 20.1 Å². The van der Waals surface area contributed by atoms with Crippen molar-refractivity contribution in [3.05, 3.63) is 35.6 Å². The minimum Gasteiger partial charge on any atom is -0.449 e. The molecule has 1 atom stereocenters. The first kappa shape index (κ1) is 18.5. The van der Waals surface area contributed by atoms with Crippen LogP contribution in [0.2, 0.25) is 0 Å². The van der Waals surface area contributed by atoms with Gasteiger partial charge in [0.2, 0.25) is 5.76 Å². The summed E-state index contributed by atoms with van der Waals surface area (Å²) in [4.78, 5) is 24.9. The summed E-state index contributed by atoms with van der Waals surface area (Å²) in [6, 6.07) is 7.52. The van der Waals surface area contributed by atoms with E-state index in [2.05, 4.69) is 5.32 Å². The summed E-state index contributed by atoms with van der Waals surface area (Å²) in [5.41, 5.74) is 1.22. The van der Waals surface area contributed by atoms with Gasteiger partial charge in [0.25, 0.3) is 5.91 Å². The molecule has 1 aliphatic carbocycles. The smallest absolute Gasteiger partial charge is 0.375 e. The fourth-order valence-electron chi connectivity index (χ4n) is 3.38. The van der Waals surface area contributed by atoms with Gasteiger partial charge in [-0.15, -0.1) is 0 Å². The van der Waals surface area contributed by atoms with Gasteiger partial charge in [0.15, 0.2) is 6.10 Å². The van der Waals surface area contributed by atoms with Crippen LogP contribution in [0.5, 0.6) is 0 Å². The van der Waals surface area contributed by atoms with E-state index in [-0.39, 0.29) is 24.3 Å². The monoisotopic (exact) mass is 359 g/mol. The molecule has 1 aliphatic rings. The van der Waals surface area contributed by atoms with Crippen molar-refractivity contribution in [3.8, 4) is 0 Å². The van der Waals surface area contributed by atoms with Crippen molar-refractivity contribution >= 4 is 22.8 Å². The maximum Gasteiger partial charge on any atom is 0.375 e. The Balaban J connectivity index is 1.69. The van der Waals surface area contributed by atoms with Crippen LogP contribution in [0.25, 0.3) is 11.0 Å². The molecule has 6 heteroatoms. The molecular weight excluding hydrogens is 334 g/mol. The summed E-state index contributed by atoms with van der Waals surface area (Å²) in [6.07, 6.45) is 4.54. The summed E-state index contributed by atoms with van der Waals surface area (Å²) < 4.78 is 16.2. The summed E-state index contributed by atoms with van der Waals surface area (Å²) in [7, 11) is 1.55. The lowest BCUT2D eigenvalue weighted by molar-refractivity contribution is -0.130. The highest BCUT2D eigenvalue weighted by molar-refractivity contribution is 5.97. The average Bonchev–Trinajstić information content (AvgIpc) is 3.02. The van der Waals surface area contributed by atoms with Crippen LogP contribution < -0.4 is 5.32 Å². The highest BCUT2D eigenvalue weighted by atomic mass is 16.6. The number of carbonyl (C=O) groups excluding carboxylic acids is 2. The van der Waals surface area contributed by atoms with Crippen LogP contribution in [0.1, 0.15) is 55.1 Å². The van der Waals surface area contributed by atoms with E-state index in [9.17, 15) is 9.59 Å². The van der Waals surface area contributed by atoms with Gasteiger partial charge in [-0.25, -0.2) is 4.79 Å². The molecule has 0 saturated heterocycles. The Hall–Kier alpha value is -2.34. The van der Waals surface area contributed by atoms with Gasteiger partial charge >= 0.3 is 5.97 Å². The minimum atomic E-state index is -0.881. The number of furan rings is 1. The molecule has 1 aromatic carbocycles. The van der Waals surface area contributed by atoms with Crippen LogP contribution >= 0.6 is 0 Å². The van der Waals surface area contributed by atoms with Gasteiger partial charge in [-0.2, -0.15) is 0 Å². The Labute approximate surface area is 152 Å². The number of methoxy groups -OCH3 is 1. The number of carbonyl (C=O) groups is 2. The van der Waals surface area contributed by atoms with Gasteiger partial charge in [0, 0.05) is 24.1 Å². The molecule has 1 N–H and O–H groups in total. The maximum absolute atomic E-state index is 12.6. The molecule has 1 fully saturated rings. The van der Waals surface area contributed by atoms with E-state index in [4.69, 9.17) is 13.9 Å². The van der Waals surface area contributed by atoms with E-state index in [0.29, 0.717) is 11.1 Å². The van der Waals surface area contributed by atoms with Crippen LogP contribution in [-0.2, 0) is 20.9 Å². The fraction of sp³-hybridized carbons (Fsp3) is 0.500. The average molecular weight is 359 g/mol. The van der Waals surface area contributed by atoms with Crippen molar-refractivity contribution in [2.75, 3.05) is 7.11 Å².